The van der Waals surface area contributed by atoms with Crippen LogP contribution in [0, 0.1) is 5.82 Å². The predicted octanol–water partition coefficient (Wildman–Crippen LogP) is 0.914. The Hall–Kier alpha value is -1.27. The topological polar surface area (TPSA) is 54.5 Å². The molecule has 1 rings (SSSR count). The molecule has 19 heavy (non-hydrogen) atoms. The van der Waals surface area contributed by atoms with Gasteiger partial charge in [0, 0.05) is 19.2 Å². The van der Waals surface area contributed by atoms with Gasteiger partial charge in [0.1, 0.15) is 15.7 Å². The molecule has 0 bridgehead atoms. The molecule has 0 heterocycles. The number of nitrogens with zero attached hydrogens (tertiary/aromatic N) is 1. The molecule has 0 unspecified atom stereocenters. The molecule has 1 aromatic carbocycles. The molecule has 4 nitrogen and oxygen atoms in total. The lowest BCUT2D eigenvalue weighted by molar-refractivity contribution is -0.119. The fourth-order valence-electron chi connectivity index (χ4n) is 1.61. The summed E-state index contributed by atoms with van der Waals surface area (Å²) in [5.41, 5.74) is 0.365. The summed E-state index contributed by atoms with van der Waals surface area (Å²) in [7, 11) is -1.36. The molecule has 0 N–H and O–H groups in total. The fraction of sp³-hybridized carbons (Fsp3) is 0.462. The van der Waals surface area contributed by atoms with Gasteiger partial charge < -0.3 is 0 Å². The normalized spacial score (nSPS) is 11.8. The van der Waals surface area contributed by atoms with Crippen molar-refractivity contribution in [3.05, 3.63) is 35.6 Å². The Morgan fingerprint density at radius 1 is 1.32 bits per heavy atom. The molecule has 106 valence electrons. The summed E-state index contributed by atoms with van der Waals surface area (Å²) in [6, 6.07) is 6.14. The molecule has 1 aromatic rings. The summed E-state index contributed by atoms with van der Waals surface area (Å²) in [6.45, 7) is 0.408. The van der Waals surface area contributed by atoms with Gasteiger partial charge in [0.15, 0.2) is 5.78 Å². The van der Waals surface area contributed by atoms with Gasteiger partial charge in [0.2, 0.25) is 0 Å². The van der Waals surface area contributed by atoms with Gasteiger partial charge >= 0.3 is 0 Å². The number of sulfone groups is 1. The summed E-state index contributed by atoms with van der Waals surface area (Å²) >= 11 is 0. The molecule has 0 fully saturated rings. The van der Waals surface area contributed by atoms with Crippen LogP contribution in [0.2, 0.25) is 0 Å². The number of rotatable bonds is 7. The third-order valence-electron chi connectivity index (χ3n) is 2.64. The SMILES string of the molecule is CN(CCS(C)(=O)=O)CC(=O)Cc1ccccc1F. The summed E-state index contributed by atoms with van der Waals surface area (Å²) in [5.74, 6) is -0.521. The second kappa shape index (κ2) is 6.77. The van der Waals surface area contributed by atoms with E-state index in [4.69, 9.17) is 0 Å². The molecule has 0 saturated carbocycles. The van der Waals surface area contributed by atoms with Gasteiger partial charge in [-0.25, -0.2) is 12.8 Å². The number of carbonyl (C=O) groups excluding carboxylic acids is 1. The molecular formula is C13H18FNO3S. The number of hydrogen-bond donors (Lipinski definition) is 0. The van der Waals surface area contributed by atoms with Gasteiger partial charge in [0.05, 0.1) is 12.3 Å². The zero-order valence-corrected chi connectivity index (χ0v) is 11.9. The highest BCUT2D eigenvalue weighted by Crippen LogP contribution is 2.07. The molecule has 0 aliphatic rings. The summed E-state index contributed by atoms with van der Waals surface area (Å²) in [5, 5.41) is 0. The Bertz CT molecular complexity index is 543. The van der Waals surface area contributed by atoms with E-state index in [-0.39, 0.29) is 24.5 Å². The first kappa shape index (κ1) is 15.8. The van der Waals surface area contributed by atoms with Gasteiger partial charge in [-0.1, -0.05) is 18.2 Å². The first-order chi connectivity index (χ1) is 8.78. The van der Waals surface area contributed by atoms with Crippen LogP contribution in [-0.4, -0.2) is 51.2 Å². The molecule has 0 aromatic heterocycles. The highest BCUT2D eigenvalue weighted by molar-refractivity contribution is 7.90. The van der Waals surface area contributed by atoms with Crippen LogP contribution in [-0.2, 0) is 21.1 Å². The van der Waals surface area contributed by atoms with E-state index >= 15 is 0 Å². The van der Waals surface area contributed by atoms with Crippen LogP contribution in [0.3, 0.4) is 0 Å². The lowest BCUT2D eigenvalue weighted by Crippen LogP contribution is -2.31. The van der Waals surface area contributed by atoms with Crippen molar-refractivity contribution in [1.29, 1.82) is 0 Å². The summed E-state index contributed by atoms with van der Waals surface area (Å²) in [4.78, 5) is 13.4. The fourth-order valence-corrected chi connectivity index (χ4v) is 2.26. The molecule has 0 aliphatic heterocycles. The average Bonchev–Trinajstić information content (AvgIpc) is 2.29. The maximum atomic E-state index is 13.3. The van der Waals surface area contributed by atoms with Crippen LogP contribution in [0.4, 0.5) is 4.39 Å². The van der Waals surface area contributed by atoms with Crippen molar-refractivity contribution in [3.63, 3.8) is 0 Å². The molecule has 6 heteroatoms. The van der Waals surface area contributed by atoms with E-state index in [0.717, 1.165) is 6.26 Å². The maximum absolute atomic E-state index is 13.3. The van der Waals surface area contributed by atoms with Crippen molar-refractivity contribution >= 4 is 15.6 Å². The van der Waals surface area contributed by atoms with Gasteiger partial charge in [-0.3, -0.25) is 9.69 Å². The van der Waals surface area contributed by atoms with Crippen LogP contribution in [0.5, 0.6) is 0 Å². The number of halogens is 1. The van der Waals surface area contributed by atoms with Gasteiger partial charge in [-0.05, 0) is 18.7 Å². The monoisotopic (exact) mass is 287 g/mol. The summed E-state index contributed by atoms with van der Waals surface area (Å²) < 4.78 is 35.3. The van der Waals surface area contributed by atoms with E-state index in [0.29, 0.717) is 12.1 Å². The minimum atomic E-state index is -3.03. The molecule has 0 amide bonds. The second-order valence-electron chi connectivity index (χ2n) is 4.67. The number of carbonyl (C=O) groups is 1. The zero-order valence-electron chi connectivity index (χ0n) is 11.1. The quantitative estimate of drug-likeness (QED) is 0.748. The van der Waals surface area contributed by atoms with E-state index in [1.54, 1.807) is 30.1 Å². The molecule has 0 radical (unpaired) electrons. The number of Topliss-reactive ketones (excluding diaryl/α,β-unsaturated/α-hetero) is 1. The second-order valence-corrected chi connectivity index (χ2v) is 6.93. The maximum Gasteiger partial charge on any atom is 0.151 e. The Morgan fingerprint density at radius 3 is 2.53 bits per heavy atom. The standard InChI is InChI=1S/C13H18FNO3S/c1-15(7-8-19(2,17)18)10-12(16)9-11-5-3-4-6-13(11)14/h3-6H,7-10H2,1-2H3. The zero-order chi connectivity index (χ0) is 14.5. The highest BCUT2D eigenvalue weighted by Gasteiger charge is 2.12. The minimum absolute atomic E-state index is 0.0104. The van der Waals surface area contributed by atoms with Gasteiger partial charge in [-0.15, -0.1) is 0 Å². The Kier molecular flexibility index (Phi) is 5.62. The van der Waals surface area contributed by atoms with Crippen molar-refractivity contribution in [3.8, 4) is 0 Å². The third kappa shape index (κ3) is 6.45. The van der Waals surface area contributed by atoms with Crippen molar-refractivity contribution in [2.75, 3.05) is 32.1 Å². The third-order valence-corrected chi connectivity index (χ3v) is 3.56. The number of likely N-dealkylation sites (N-methyl/N-ethyl adjacent to an activating group) is 1. The number of benzene rings is 1. The molecular weight excluding hydrogens is 269 g/mol. The number of ketones is 1. The van der Waals surface area contributed by atoms with Crippen LogP contribution in [0.1, 0.15) is 5.56 Å². The van der Waals surface area contributed by atoms with Crippen molar-refractivity contribution in [1.82, 2.24) is 4.90 Å². The van der Waals surface area contributed by atoms with Crippen LogP contribution in [0.15, 0.2) is 24.3 Å². The van der Waals surface area contributed by atoms with Crippen LogP contribution in [0.25, 0.3) is 0 Å². The first-order valence-electron chi connectivity index (χ1n) is 5.89. The van der Waals surface area contributed by atoms with Gasteiger partial charge in [0.25, 0.3) is 0 Å². The molecule has 0 atom stereocenters. The summed E-state index contributed by atoms with van der Waals surface area (Å²) in [6.07, 6.45) is 1.18. The Labute approximate surface area is 113 Å². The number of hydrogen-bond acceptors (Lipinski definition) is 4. The van der Waals surface area contributed by atoms with Crippen molar-refractivity contribution in [2.24, 2.45) is 0 Å². The Morgan fingerprint density at radius 2 is 1.95 bits per heavy atom. The van der Waals surface area contributed by atoms with E-state index in [1.807, 2.05) is 0 Å². The average molecular weight is 287 g/mol. The van der Waals surface area contributed by atoms with Crippen molar-refractivity contribution < 1.29 is 17.6 Å². The van der Waals surface area contributed by atoms with E-state index in [9.17, 15) is 17.6 Å². The predicted molar refractivity (Wildman–Crippen MR) is 72.3 cm³/mol. The lowest BCUT2D eigenvalue weighted by Gasteiger charge is -2.15. The van der Waals surface area contributed by atoms with Crippen LogP contribution >= 0.6 is 0 Å². The lowest BCUT2D eigenvalue weighted by atomic mass is 10.1. The molecule has 0 saturated heterocycles. The first-order valence-corrected chi connectivity index (χ1v) is 7.95. The Balaban J connectivity index is 2.45. The molecule has 0 aliphatic carbocycles. The van der Waals surface area contributed by atoms with Gasteiger partial charge in [-0.2, -0.15) is 0 Å². The molecule has 0 spiro atoms. The highest BCUT2D eigenvalue weighted by atomic mass is 32.2. The van der Waals surface area contributed by atoms with Crippen molar-refractivity contribution in [2.45, 2.75) is 6.42 Å². The van der Waals surface area contributed by atoms with Crippen LogP contribution < -0.4 is 0 Å². The minimum Gasteiger partial charge on any atom is -0.298 e. The van der Waals surface area contributed by atoms with E-state index in [2.05, 4.69) is 0 Å². The van der Waals surface area contributed by atoms with E-state index in [1.165, 1.54) is 6.07 Å². The smallest absolute Gasteiger partial charge is 0.151 e. The largest absolute Gasteiger partial charge is 0.298 e. The van der Waals surface area contributed by atoms with E-state index < -0.39 is 15.7 Å².